The molecule has 5 nitrogen and oxygen atoms in total. The number of nitrogens with zero attached hydrogens (tertiary/aromatic N) is 2. The first kappa shape index (κ1) is 15.9. The quantitative estimate of drug-likeness (QED) is 0.773. The summed E-state index contributed by atoms with van der Waals surface area (Å²) in [4.78, 5) is 17.9. The van der Waals surface area contributed by atoms with E-state index in [1.807, 2.05) is 0 Å². The molecule has 4 saturated heterocycles. The molecule has 5 heteroatoms. The number of hydrogen-bond acceptors (Lipinski definition) is 4. The van der Waals surface area contributed by atoms with Crippen LogP contribution < -0.4 is 0 Å². The number of carbonyl (C=O) groups is 1. The Kier molecular flexibility index (Phi) is 4.61. The fourth-order valence-electron chi connectivity index (χ4n) is 5.12. The third-order valence-electron chi connectivity index (χ3n) is 6.59. The van der Waals surface area contributed by atoms with Gasteiger partial charge in [0.25, 0.3) is 0 Å². The van der Waals surface area contributed by atoms with E-state index < -0.39 is 0 Å². The highest BCUT2D eigenvalue weighted by molar-refractivity contribution is 5.80. The third-order valence-corrected chi connectivity index (χ3v) is 6.59. The van der Waals surface area contributed by atoms with Crippen molar-refractivity contribution in [1.29, 1.82) is 0 Å². The van der Waals surface area contributed by atoms with Crippen LogP contribution in [0.25, 0.3) is 0 Å². The highest BCUT2D eigenvalue weighted by Crippen LogP contribution is 2.46. The molecule has 4 aliphatic rings. The fraction of sp³-hybridized carbons (Fsp3) is 0.944. The van der Waals surface area contributed by atoms with E-state index in [2.05, 4.69) is 9.80 Å². The molecule has 1 atom stereocenters. The summed E-state index contributed by atoms with van der Waals surface area (Å²) < 4.78 is 11.2. The van der Waals surface area contributed by atoms with Crippen LogP contribution in [0.3, 0.4) is 0 Å². The van der Waals surface area contributed by atoms with Crippen molar-refractivity contribution in [2.75, 3.05) is 52.6 Å². The molecular weight excluding hydrogens is 292 g/mol. The van der Waals surface area contributed by atoms with Gasteiger partial charge < -0.3 is 14.4 Å². The van der Waals surface area contributed by atoms with Crippen molar-refractivity contribution in [2.45, 2.75) is 44.6 Å². The minimum Gasteiger partial charge on any atom is -0.381 e. The molecule has 0 aromatic carbocycles. The first-order chi connectivity index (χ1) is 11.3. The van der Waals surface area contributed by atoms with Gasteiger partial charge in [0.1, 0.15) is 0 Å². The molecule has 4 rings (SSSR count). The van der Waals surface area contributed by atoms with E-state index in [1.54, 1.807) is 0 Å². The Morgan fingerprint density at radius 1 is 0.957 bits per heavy atom. The minimum atomic E-state index is 0.163. The van der Waals surface area contributed by atoms with Crippen molar-refractivity contribution < 1.29 is 14.3 Å². The molecule has 4 fully saturated rings. The van der Waals surface area contributed by atoms with Gasteiger partial charge in [-0.25, -0.2) is 0 Å². The Labute approximate surface area is 139 Å². The normalized spacial score (nSPS) is 32.7. The Morgan fingerprint density at radius 3 is 2.30 bits per heavy atom. The molecule has 23 heavy (non-hydrogen) atoms. The number of hydrogen-bond donors (Lipinski definition) is 0. The average Bonchev–Trinajstić information content (AvgIpc) is 3.25. The largest absolute Gasteiger partial charge is 0.381 e. The molecule has 1 amide bonds. The summed E-state index contributed by atoms with van der Waals surface area (Å²) in [6.45, 7) is 7.39. The standard InChI is InChI=1S/C18H30N2O3/c21-17(19-7-1-2-8-19)16-13-20(15-3-9-22-10-4-15)14-18(16)5-11-23-12-6-18/h15-16H,1-14H2. The van der Waals surface area contributed by atoms with Gasteiger partial charge in [0, 0.05) is 64.1 Å². The lowest BCUT2D eigenvalue weighted by Gasteiger charge is -2.39. The van der Waals surface area contributed by atoms with Gasteiger partial charge in [0.15, 0.2) is 0 Å². The zero-order valence-corrected chi connectivity index (χ0v) is 14.2. The van der Waals surface area contributed by atoms with Crippen LogP contribution in [0, 0.1) is 11.3 Å². The van der Waals surface area contributed by atoms with Crippen LogP contribution in [0.1, 0.15) is 38.5 Å². The van der Waals surface area contributed by atoms with Crippen LogP contribution in [-0.2, 0) is 14.3 Å². The SMILES string of the molecule is O=C(C1CN(C2CCOCC2)CC12CCOCC2)N1CCCC1. The lowest BCUT2D eigenvalue weighted by atomic mass is 9.71. The summed E-state index contributed by atoms with van der Waals surface area (Å²) in [7, 11) is 0. The van der Waals surface area contributed by atoms with Gasteiger partial charge in [0.2, 0.25) is 5.91 Å². The number of likely N-dealkylation sites (tertiary alicyclic amines) is 2. The molecule has 0 saturated carbocycles. The van der Waals surface area contributed by atoms with Crippen molar-refractivity contribution in [3.05, 3.63) is 0 Å². The number of rotatable bonds is 2. The summed E-state index contributed by atoms with van der Waals surface area (Å²) >= 11 is 0. The number of ether oxygens (including phenoxy) is 2. The van der Waals surface area contributed by atoms with E-state index in [0.717, 1.165) is 78.3 Å². The van der Waals surface area contributed by atoms with E-state index in [-0.39, 0.29) is 11.3 Å². The minimum absolute atomic E-state index is 0.163. The molecule has 1 unspecified atom stereocenters. The Balaban J connectivity index is 1.52. The van der Waals surface area contributed by atoms with Gasteiger partial charge in [-0.05, 0) is 38.5 Å². The van der Waals surface area contributed by atoms with Crippen molar-refractivity contribution in [1.82, 2.24) is 9.80 Å². The summed E-state index contributed by atoms with van der Waals surface area (Å²) in [6, 6.07) is 0.611. The van der Waals surface area contributed by atoms with Crippen molar-refractivity contribution >= 4 is 5.91 Å². The van der Waals surface area contributed by atoms with Crippen molar-refractivity contribution in [3.8, 4) is 0 Å². The molecule has 0 radical (unpaired) electrons. The molecule has 0 aromatic rings. The van der Waals surface area contributed by atoms with Gasteiger partial charge in [-0.1, -0.05) is 0 Å². The summed E-state index contributed by atoms with van der Waals surface area (Å²) in [6.07, 6.45) is 6.71. The maximum atomic E-state index is 13.2. The van der Waals surface area contributed by atoms with Crippen molar-refractivity contribution in [2.24, 2.45) is 11.3 Å². The van der Waals surface area contributed by atoms with Crippen LogP contribution in [0.15, 0.2) is 0 Å². The molecule has 0 aliphatic carbocycles. The van der Waals surface area contributed by atoms with Gasteiger partial charge in [-0.15, -0.1) is 0 Å². The lowest BCUT2D eigenvalue weighted by Crippen LogP contribution is -2.45. The molecular formula is C18H30N2O3. The fourth-order valence-corrected chi connectivity index (χ4v) is 5.12. The van der Waals surface area contributed by atoms with Gasteiger partial charge in [0.05, 0.1) is 5.92 Å². The average molecular weight is 322 g/mol. The second-order valence-electron chi connectivity index (χ2n) is 7.83. The Morgan fingerprint density at radius 2 is 1.61 bits per heavy atom. The van der Waals surface area contributed by atoms with Crippen LogP contribution >= 0.6 is 0 Å². The summed E-state index contributed by atoms with van der Waals surface area (Å²) in [5.41, 5.74) is 0.163. The first-order valence-corrected chi connectivity index (χ1v) is 9.47. The van der Waals surface area contributed by atoms with Crippen LogP contribution in [0.4, 0.5) is 0 Å². The molecule has 0 aromatic heterocycles. The topological polar surface area (TPSA) is 42.0 Å². The van der Waals surface area contributed by atoms with E-state index in [0.29, 0.717) is 11.9 Å². The van der Waals surface area contributed by atoms with Crippen LogP contribution in [-0.4, -0.2) is 74.4 Å². The highest BCUT2D eigenvalue weighted by Gasteiger charge is 2.52. The zero-order chi connectivity index (χ0) is 15.7. The monoisotopic (exact) mass is 322 g/mol. The molecule has 4 aliphatic heterocycles. The Bertz CT molecular complexity index is 424. The van der Waals surface area contributed by atoms with Gasteiger partial charge in [-0.2, -0.15) is 0 Å². The molecule has 4 heterocycles. The molecule has 0 N–H and O–H groups in total. The van der Waals surface area contributed by atoms with Crippen LogP contribution in [0.2, 0.25) is 0 Å². The second-order valence-corrected chi connectivity index (χ2v) is 7.83. The second kappa shape index (κ2) is 6.69. The van der Waals surface area contributed by atoms with E-state index in [1.165, 1.54) is 12.8 Å². The zero-order valence-electron chi connectivity index (χ0n) is 14.2. The summed E-state index contributed by atoms with van der Waals surface area (Å²) in [5, 5.41) is 0. The smallest absolute Gasteiger partial charge is 0.227 e. The summed E-state index contributed by atoms with van der Waals surface area (Å²) in [5.74, 6) is 0.617. The molecule has 130 valence electrons. The van der Waals surface area contributed by atoms with E-state index in [4.69, 9.17) is 9.47 Å². The van der Waals surface area contributed by atoms with Gasteiger partial charge in [-0.3, -0.25) is 9.69 Å². The third kappa shape index (κ3) is 3.03. The lowest BCUT2D eigenvalue weighted by molar-refractivity contribution is -0.139. The van der Waals surface area contributed by atoms with Crippen LogP contribution in [0.5, 0.6) is 0 Å². The predicted octanol–water partition coefficient (Wildman–Crippen LogP) is 1.52. The van der Waals surface area contributed by atoms with Gasteiger partial charge >= 0.3 is 0 Å². The molecule has 1 spiro atoms. The van der Waals surface area contributed by atoms with E-state index >= 15 is 0 Å². The van der Waals surface area contributed by atoms with Crippen molar-refractivity contribution in [3.63, 3.8) is 0 Å². The highest BCUT2D eigenvalue weighted by atomic mass is 16.5. The number of carbonyl (C=O) groups excluding carboxylic acids is 1. The maximum Gasteiger partial charge on any atom is 0.227 e. The van der Waals surface area contributed by atoms with E-state index in [9.17, 15) is 4.79 Å². The first-order valence-electron chi connectivity index (χ1n) is 9.47. The number of amides is 1. The molecule has 0 bridgehead atoms. The predicted molar refractivity (Wildman–Crippen MR) is 87.2 cm³/mol. The maximum absolute atomic E-state index is 13.2. The Hall–Kier alpha value is -0.650.